The van der Waals surface area contributed by atoms with Crippen LogP contribution in [0.3, 0.4) is 0 Å². The maximum atomic E-state index is 13.5. The molecule has 1 aromatic carbocycles. The van der Waals surface area contributed by atoms with Gasteiger partial charge in [-0.25, -0.2) is 4.39 Å². The highest BCUT2D eigenvalue weighted by Crippen LogP contribution is 2.37. The zero-order valence-corrected chi connectivity index (χ0v) is 8.87. The van der Waals surface area contributed by atoms with Crippen molar-refractivity contribution in [1.29, 1.82) is 0 Å². The molecule has 1 nitrogen and oxygen atoms in total. The zero-order chi connectivity index (χ0) is 10.8. The molecule has 1 aromatic rings. The summed E-state index contributed by atoms with van der Waals surface area (Å²) in [7, 11) is 0. The number of ketones is 1. The lowest BCUT2D eigenvalue weighted by Gasteiger charge is -2.14. The first kappa shape index (κ1) is 10.3. The van der Waals surface area contributed by atoms with E-state index < -0.39 is 0 Å². The minimum absolute atomic E-state index is 0.203. The van der Waals surface area contributed by atoms with E-state index in [1.54, 1.807) is 18.2 Å². The molecule has 2 heteroatoms. The van der Waals surface area contributed by atoms with Crippen LogP contribution in [-0.4, -0.2) is 5.78 Å². The van der Waals surface area contributed by atoms with Crippen LogP contribution < -0.4 is 0 Å². The summed E-state index contributed by atoms with van der Waals surface area (Å²) in [6.45, 7) is 1.94. The summed E-state index contributed by atoms with van der Waals surface area (Å²) < 4.78 is 13.5. The Morgan fingerprint density at radius 1 is 1.47 bits per heavy atom. The van der Waals surface area contributed by atoms with Gasteiger partial charge in [0.05, 0.1) is 0 Å². The van der Waals surface area contributed by atoms with E-state index in [1.165, 1.54) is 6.07 Å². The predicted molar refractivity (Wildman–Crippen MR) is 57.2 cm³/mol. The summed E-state index contributed by atoms with van der Waals surface area (Å²) in [6, 6.07) is 6.61. The SMILES string of the molecule is CCC(C(=O)C1CC1)c1ccccc1F. The second-order valence-corrected chi connectivity index (χ2v) is 4.16. The molecule has 80 valence electrons. The lowest BCUT2D eigenvalue weighted by molar-refractivity contribution is -0.121. The van der Waals surface area contributed by atoms with Gasteiger partial charge < -0.3 is 0 Å². The highest BCUT2D eigenvalue weighted by molar-refractivity contribution is 5.89. The minimum atomic E-state index is -0.252. The van der Waals surface area contributed by atoms with Crippen LogP contribution in [0.25, 0.3) is 0 Å². The van der Waals surface area contributed by atoms with Gasteiger partial charge in [0.2, 0.25) is 0 Å². The van der Waals surface area contributed by atoms with Crippen molar-refractivity contribution < 1.29 is 9.18 Å². The topological polar surface area (TPSA) is 17.1 Å². The summed E-state index contributed by atoms with van der Waals surface area (Å²) in [4.78, 5) is 11.9. The zero-order valence-electron chi connectivity index (χ0n) is 8.87. The highest BCUT2D eigenvalue weighted by Gasteiger charge is 2.35. The lowest BCUT2D eigenvalue weighted by atomic mass is 9.89. The molecule has 2 rings (SSSR count). The van der Waals surface area contributed by atoms with Crippen LogP contribution in [-0.2, 0) is 4.79 Å². The number of carbonyl (C=O) groups is 1. The fraction of sp³-hybridized carbons (Fsp3) is 0.462. The van der Waals surface area contributed by atoms with Crippen LogP contribution in [0.15, 0.2) is 24.3 Å². The number of halogens is 1. The van der Waals surface area contributed by atoms with Crippen molar-refractivity contribution in [2.75, 3.05) is 0 Å². The fourth-order valence-electron chi connectivity index (χ4n) is 1.98. The summed E-state index contributed by atoms with van der Waals surface area (Å²) in [6.07, 6.45) is 2.67. The van der Waals surface area contributed by atoms with Crippen LogP contribution in [0.4, 0.5) is 4.39 Å². The van der Waals surface area contributed by atoms with Gasteiger partial charge in [-0.2, -0.15) is 0 Å². The van der Waals surface area contributed by atoms with Gasteiger partial charge in [-0.1, -0.05) is 25.1 Å². The Kier molecular flexibility index (Phi) is 2.85. The Morgan fingerprint density at radius 2 is 2.13 bits per heavy atom. The second kappa shape index (κ2) is 4.13. The van der Waals surface area contributed by atoms with Crippen LogP contribution in [0.5, 0.6) is 0 Å². The maximum Gasteiger partial charge on any atom is 0.143 e. The number of carbonyl (C=O) groups excluding carboxylic acids is 1. The fourth-order valence-corrected chi connectivity index (χ4v) is 1.98. The normalized spacial score (nSPS) is 17.5. The van der Waals surface area contributed by atoms with Crippen molar-refractivity contribution in [3.05, 3.63) is 35.6 Å². The van der Waals surface area contributed by atoms with Gasteiger partial charge in [0.25, 0.3) is 0 Å². The molecule has 1 fully saturated rings. The molecule has 0 aliphatic heterocycles. The molecule has 0 heterocycles. The lowest BCUT2D eigenvalue weighted by Crippen LogP contribution is -2.14. The molecule has 1 saturated carbocycles. The number of benzene rings is 1. The van der Waals surface area contributed by atoms with Gasteiger partial charge in [0.15, 0.2) is 0 Å². The number of hydrogen-bond donors (Lipinski definition) is 0. The summed E-state index contributed by atoms with van der Waals surface area (Å²) in [5, 5.41) is 0. The molecule has 0 N–H and O–H groups in total. The molecular weight excluding hydrogens is 191 g/mol. The van der Waals surface area contributed by atoms with Gasteiger partial charge in [-0.05, 0) is 30.9 Å². The standard InChI is InChI=1S/C13H15FO/c1-2-10(13(15)9-7-8-9)11-5-3-4-6-12(11)14/h3-6,9-10H,2,7-8H2,1H3. The van der Waals surface area contributed by atoms with Gasteiger partial charge in [-0.15, -0.1) is 0 Å². The van der Waals surface area contributed by atoms with Gasteiger partial charge >= 0.3 is 0 Å². The Hall–Kier alpha value is -1.18. The van der Waals surface area contributed by atoms with Crippen LogP contribution >= 0.6 is 0 Å². The third kappa shape index (κ3) is 2.09. The average Bonchev–Trinajstić information content (AvgIpc) is 3.05. The average molecular weight is 206 g/mol. The molecule has 0 bridgehead atoms. The largest absolute Gasteiger partial charge is 0.299 e. The van der Waals surface area contributed by atoms with Crippen LogP contribution in [0, 0.1) is 11.7 Å². The van der Waals surface area contributed by atoms with Gasteiger partial charge in [0, 0.05) is 11.8 Å². The third-order valence-corrected chi connectivity index (χ3v) is 3.01. The van der Waals surface area contributed by atoms with Crippen molar-refractivity contribution in [2.24, 2.45) is 5.92 Å². The molecule has 15 heavy (non-hydrogen) atoms. The molecule has 0 aromatic heterocycles. The second-order valence-electron chi connectivity index (χ2n) is 4.16. The van der Waals surface area contributed by atoms with E-state index in [0.717, 1.165) is 12.8 Å². The van der Waals surface area contributed by atoms with E-state index in [0.29, 0.717) is 12.0 Å². The van der Waals surface area contributed by atoms with Crippen molar-refractivity contribution in [2.45, 2.75) is 32.1 Å². The third-order valence-electron chi connectivity index (χ3n) is 3.01. The summed E-state index contributed by atoms with van der Waals surface area (Å²) >= 11 is 0. The first-order valence-corrected chi connectivity index (χ1v) is 5.52. The van der Waals surface area contributed by atoms with E-state index in [-0.39, 0.29) is 23.4 Å². The molecule has 1 aliphatic carbocycles. The van der Waals surface area contributed by atoms with Gasteiger partial charge in [0.1, 0.15) is 11.6 Å². The molecule has 1 atom stereocenters. The molecule has 0 saturated heterocycles. The molecule has 0 spiro atoms. The predicted octanol–water partition coefficient (Wildman–Crippen LogP) is 3.30. The van der Waals surface area contributed by atoms with Crippen LogP contribution in [0.1, 0.15) is 37.7 Å². The first-order valence-electron chi connectivity index (χ1n) is 5.52. The van der Waals surface area contributed by atoms with Crippen molar-refractivity contribution >= 4 is 5.78 Å². The molecule has 0 amide bonds. The van der Waals surface area contributed by atoms with E-state index in [2.05, 4.69) is 0 Å². The quantitative estimate of drug-likeness (QED) is 0.738. The summed E-state index contributed by atoms with van der Waals surface area (Å²) in [5.41, 5.74) is 0.567. The summed E-state index contributed by atoms with van der Waals surface area (Å²) in [5.74, 6) is -0.0609. The van der Waals surface area contributed by atoms with Gasteiger partial charge in [-0.3, -0.25) is 4.79 Å². The Bertz CT molecular complexity index is 369. The monoisotopic (exact) mass is 206 g/mol. The number of rotatable bonds is 4. The number of Topliss-reactive ketones (excluding diaryl/α,β-unsaturated/α-hetero) is 1. The van der Waals surface area contributed by atoms with E-state index >= 15 is 0 Å². The Balaban J connectivity index is 2.25. The smallest absolute Gasteiger partial charge is 0.143 e. The molecule has 0 radical (unpaired) electrons. The molecular formula is C13H15FO. The maximum absolute atomic E-state index is 13.5. The van der Waals surface area contributed by atoms with Crippen molar-refractivity contribution in [3.8, 4) is 0 Å². The van der Waals surface area contributed by atoms with Crippen LogP contribution in [0.2, 0.25) is 0 Å². The van der Waals surface area contributed by atoms with Crippen molar-refractivity contribution in [1.82, 2.24) is 0 Å². The molecule has 1 aliphatic rings. The van der Waals surface area contributed by atoms with E-state index in [4.69, 9.17) is 0 Å². The van der Waals surface area contributed by atoms with E-state index in [9.17, 15) is 9.18 Å². The highest BCUT2D eigenvalue weighted by atomic mass is 19.1. The first-order chi connectivity index (χ1) is 7.24. The molecule has 1 unspecified atom stereocenters. The Labute approximate surface area is 89.3 Å². The van der Waals surface area contributed by atoms with E-state index in [1.807, 2.05) is 6.92 Å². The Morgan fingerprint density at radius 3 is 2.67 bits per heavy atom. The minimum Gasteiger partial charge on any atom is -0.299 e. The van der Waals surface area contributed by atoms with Crippen molar-refractivity contribution in [3.63, 3.8) is 0 Å². The number of hydrogen-bond acceptors (Lipinski definition) is 1.